The SMILES string of the molecule is CC.CCCNc1cc(NC(=O)c2ccccc2)nc(NC(=O)c2ccccc2)n1.CO. The van der Waals surface area contributed by atoms with E-state index in [0.29, 0.717) is 29.3 Å². The van der Waals surface area contributed by atoms with Crippen molar-refractivity contribution in [1.29, 1.82) is 0 Å². The first-order valence-corrected chi connectivity index (χ1v) is 10.5. The van der Waals surface area contributed by atoms with Gasteiger partial charge in [0.25, 0.3) is 11.8 Å². The Morgan fingerprint density at radius 2 is 1.25 bits per heavy atom. The van der Waals surface area contributed by atoms with Gasteiger partial charge in [-0.1, -0.05) is 57.2 Å². The molecular formula is C24H31N5O3. The van der Waals surface area contributed by atoms with Gasteiger partial charge in [-0.3, -0.25) is 14.9 Å². The maximum absolute atomic E-state index is 12.4. The molecule has 0 aliphatic carbocycles. The topological polar surface area (TPSA) is 116 Å². The number of amides is 2. The van der Waals surface area contributed by atoms with Gasteiger partial charge in [-0.05, 0) is 30.7 Å². The Bertz CT molecular complexity index is 879. The number of anilines is 3. The van der Waals surface area contributed by atoms with Gasteiger partial charge in [-0.15, -0.1) is 0 Å². The lowest BCUT2D eigenvalue weighted by Gasteiger charge is -2.11. The Balaban J connectivity index is 0.00000121. The summed E-state index contributed by atoms with van der Waals surface area (Å²) in [6.07, 6.45) is 0.904. The van der Waals surface area contributed by atoms with Crippen molar-refractivity contribution in [2.24, 2.45) is 0 Å². The van der Waals surface area contributed by atoms with E-state index in [1.54, 1.807) is 54.6 Å². The summed E-state index contributed by atoms with van der Waals surface area (Å²) in [6, 6.07) is 19.3. The molecule has 3 rings (SSSR count). The number of carbonyl (C=O) groups is 2. The van der Waals surface area contributed by atoms with Crippen LogP contribution in [0.15, 0.2) is 66.7 Å². The fourth-order valence-electron chi connectivity index (χ4n) is 2.45. The number of aliphatic hydroxyl groups is 1. The molecule has 8 nitrogen and oxygen atoms in total. The fourth-order valence-corrected chi connectivity index (χ4v) is 2.45. The van der Waals surface area contributed by atoms with Crippen LogP contribution in [0, 0.1) is 0 Å². The van der Waals surface area contributed by atoms with Gasteiger partial charge in [-0.25, -0.2) is 0 Å². The van der Waals surface area contributed by atoms with Crippen LogP contribution in [0.3, 0.4) is 0 Å². The van der Waals surface area contributed by atoms with E-state index in [1.807, 2.05) is 32.9 Å². The van der Waals surface area contributed by atoms with Crippen LogP contribution in [0.5, 0.6) is 0 Å². The fraction of sp³-hybridized carbons (Fsp3) is 0.250. The van der Waals surface area contributed by atoms with E-state index in [0.717, 1.165) is 13.5 Å². The molecule has 2 amide bonds. The molecule has 8 heteroatoms. The third-order valence-electron chi connectivity index (χ3n) is 3.82. The molecule has 4 N–H and O–H groups in total. The van der Waals surface area contributed by atoms with Gasteiger partial charge in [0.1, 0.15) is 11.6 Å². The van der Waals surface area contributed by atoms with Crippen molar-refractivity contribution in [2.45, 2.75) is 27.2 Å². The maximum Gasteiger partial charge on any atom is 0.258 e. The van der Waals surface area contributed by atoms with Crippen LogP contribution in [-0.2, 0) is 0 Å². The summed E-state index contributed by atoms with van der Waals surface area (Å²) >= 11 is 0. The van der Waals surface area contributed by atoms with Crippen molar-refractivity contribution >= 4 is 29.4 Å². The summed E-state index contributed by atoms with van der Waals surface area (Å²) in [5.41, 5.74) is 1.01. The normalized spacial score (nSPS) is 9.28. The third-order valence-corrected chi connectivity index (χ3v) is 3.82. The second-order valence-corrected chi connectivity index (χ2v) is 6.03. The molecule has 2 aromatic carbocycles. The highest BCUT2D eigenvalue weighted by molar-refractivity contribution is 6.05. The van der Waals surface area contributed by atoms with Gasteiger partial charge in [0.05, 0.1) is 0 Å². The zero-order chi connectivity index (χ0) is 23.8. The Hall–Kier alpha value is -3.78. The first-order valence-electron chi connectivity index (χ1n) is 10.5. The van der Waals surface area contributed by atoms with Crippen LogP contribution in [0.25, 0.3) is 0 Å². The van der Waals surface area contributed by atoms with Gasteiger partial charge in [-0.2, -0.15) is 9.97 Å². The predicted octanol–water partition coefficient (Wildman–Crippen LogP) is 4.44. The highest BCUT2D eigenvalue weighted by Crippen LogP contribution is 2.16. The summed E-state index contributed by atoms with van der Waals surface area (Å²) in [5, 5.41) is 15.6. The smallest absolute Gasteiger partial charge is 0.258 e. The van der Waals surface area contributed by atoms with Gasteiger partial charge >= 0.3 is 0 Å². The molecular weight excluding hydrogens is 406 g/mol. The Kier molecular flexibility index (Phi) is 12.4. The molecule has 0 aliphatic rings. The largest absolute Gasteiger partial charge is 0.400 e. The monoisotopic (exact) mass is 437 g/mol. The number of hydrogen-bond donors (Lipinski definition) is 4. The molecule has 0 radical (unpaired) electrons. The third kappa shape index (κ3) is 8.53. The quantitative estimate of drug-likeness (QED) is 0.434. The Labute approximate surface area is 189 Å². The van der Waals surface area contributed by atoms with Crippen molar-refractivity contribution in [1.82, 2.24) is 9.97 Å². The van der Waals surface area contributed by atoms with E-state index in [2.05, 4.69) is 25.9 Å². The second-order valence-electron chi connectivity index (χ2n) is 6.03. The number of nitrogens with one attached hydrogen (secondary N) is 3. The molecule has 0 saturated heterocycles. The van der Waals surface area contributed by atoms with Crippen molar-refractivity contribution in [3.63, 3.8) is 0 Å². The lowest BCUT2D eigenvalue weighted by molar-refractivity contribution is 0.101. The Morgan fingerprint density at radius 1 is 0.781 bits per heavy atom. The minimum atomic E-state index is -0.325. The van der Waals surface area contributed by atoms with Gasteiger partial charge in [0, 0.05) is 30.8 Å². The Morgan fingerprint density at radius 3 is 1.75 bits per heavy atom. The molecule has 0 saturated carbocycles. The van der Waals surface area contributed by atoms with Crippen molar-refractivity contribution in [3.05, 3.63) is 77.9 Å². The molecule has 32 heavy (non-hydrogen) atoms. The minimum Gasteiger partial charge on any atom is -0.400 e. The zero-order valence-corrected chi connectivity index (χ0v) is 18.9. The number of aliphatic hydroxyl groups excluding tert-OH is 1. The van der Waals surface area contributed by atoms with Crippen LogP contribution in [-0.4, -0.2) is 40.5 Å². The van der Waals surface area contributed by atoms with Crippen molar-refractivity contribution in [2.75, 3.05) is 29.6 Å². The lowest BCUT2D eigenvalue weighted by atomic mass is 10.2. The molecule has 170 valence electrons. The van der Waals surface area contributed by atoms with Crippen LogP contribution in [0.2, 0.25) is 0 Å². The van der Waals surface area contributed by atoms with E-state index in [1.165, 1.54) is 0 Å². The minimum absolute atomic E-state index is 0.110. The number of nitrogens with zero attached hydrogens (tertiary/aromatic N) is 2. The van der Waals surface area contributed by atoms with Crippen molar-refractivity contribution in [3.8, 4) is 0 Å². The van der Waals surface area contributed by atoms with Crippen LogP contribution in [0.4, 0.5) is 17.6 Å². The standard InChI is InChI=1S/C21H21N5O2.C2H6.CH4O/c1-2-13-22-17-14-18(23-19(27)15-9-5-3-6-10-15)25-21(24-17)26-20(28)16-11-7-4-8-12-16;2*1-2/h3-12,14H,2,13H2,1H3,(H3,22,23,24,25,26,27,28);1-2H3;2H,1H3. The van der Waals surface area contributed by atoms with Gasteiger partial charge < -0.3 is 15.7 Å². The molecule has 0 fully saturated rings. The molecule has 0 spiro atoms. The first kappa shape index (κ1) is 26.3. The molecule has 0 unspecified atom stereocenters. The molecule has 3 aromatic rings. The molecule has 0 aliphatic heterocycles. The van der Waals surface area contributed by atoms with Crippen LogP contribution >= 0.6 is 0 Å². The van der Waals surface area contributed by atoms with Gasteiger partial charge in [0.2, 0.25) is 5.95 Å². The second kappa shape index (κ2) is 15.1. The first-order chi connectivity index (χ1) is 15.7. The molecule has 1 aromatic heterocycles. The number of rotatable bonds is 7. The lowest BCUT2D eigenvalue weighted by Crippen LogP contribution is -2.18. The average molecular weight is 438 g/mol. The number of hydrogen-bond acceptors (Lipinski definition) is 6. The number of aromatic nitrogens is 2. The van der Waals surface area contributed by atoms with E-state index < -0.39 is 0 Å². The summed E-state index contributed by atoms with van der Waals surface area (Å²) in [5.74, 6) is 0.308. The highest BCUT2D eigenvalue weighted by atomic mass is 16.2. The summed E-state index contributed by atoms with van der Waals surface area (Å²) < 4.78 is 0. The predicted molar refractivity (Wildman–Crippen MR) is 129 cm³/mol. The van der Waals surface area contributed by atoms with E-state index >= 15 is 0 Å². The summed E-state index contributed by atoms with van der Waals surface area (Å²) in [6.45, 7) is 6.74. The average Bonchev–Trinajstić information content (AvgIpc) is 2.86. The molecule has 1 heterocycles. The number of carbonyl (C=O) groups excluding carboxylic acids is 2. The summed E-state index contributed by atoms with van der Waals surface area (Å²) in [7, 11) is 1.00. The van der Waals surface area contributed by atoms with E-state index in [4.69, 9.17) is 5.11 Å². The molecule has 0 atom stereocenters. The van der Waals surface area contributed by atoms with Gasteiger partial charge in [0.15, 0.2) is 0 Å². The van der Waals surface area contributed by atoms with Crippen molar-refractivity contribution < 1.29 is 14.7 Å². The van der Waals surface area contributed by atoms with E-state index in [-0.39, 0.29) is 17.8 Å². The van der Waals surface area contributed by atoms with E-state index in [9.17, 15) is 9.59 Å². The van der Waals surface area contributed by atoms with Crippen LogP contribution < -0.4 is 16.0 Å². The molecule has 0 bridgehead atoms. The maximum atomic E-state index is 12.4. The van der Waals surface area contributed by atoms with Crippen LogP contribution in [0.1, 0.15) is 47.9 Å². The zero-order valence-electron chi connectivity index (χ0n) is 18.9. The highest BCUT2D eigenvalue weighted by Gasteiger charge is 2.12. The number of benzene rings is 2. The summed E-state index contributed by atoms with van der Waals surface area (Å²) in [4.78, 5) is 33.4.